The molecule has 0 radical (unpaired) electrons. The van der Waals surface area contributed by atoms with E-state index in [9.17, 15) is 9.59 Å². The Morgan fingerprint density at radius 1 is 0.667 bits per heavy atom. The van der Waals surface area contributed by atoms with Crippen molar-refractivity contribution in [1.82, 2.24) is 10.6 Å². The van der Waals surface area contributed by atoms with Crippen LogP contribution < -0.4 is 10.6 Å². The summed E-state index contributed by atoms with van der Waals surface area (Å²) >= 11 is 5.97. The van der Waals surface area contributed by atoms with Crippen LogP contribution in [-0.4, -0.2) is 29.1 Å². The Kier molecular flexibility index (Phi) is 16.2. The molecule has 0 fully saturated rings. The van der Waals surface area contributed by atoms with Crippen molar-refractivity contribution in [3.05, 3.63) is 0 Å². The summed E-state index contributed by atoms with van der Waals surface area (Å²) in [4.78, 5) is 21.4. The number of hydrogen-bond donors (Lipinski definition) is 2. The maximum atomic E-state index is 11.0. The first-order valence-corrected chi connectivity index (χ1v) is 9.84. The zero-order chi connectivity index (χ0) is 15.8. The average molecular weight is 428 g/mol. The molecule has 0 aromatic rings. The van der Waals surface area contributed by atoms with Crippen LogP contribution in [0.2, 0.25) is 0 Å². The number of nitrogens with one attached hydrogen (secondary N) is 2. The molecular weight excluding hydrogens is 400 g/mol. The predicted octanol–water partition coefficient (Wildman–Crippen LogP) is 4.50. The zero-order valence-corrected chi connectivity index (χ0v) is 15.9. The summed E-state index contributed by atoms with van der Waals surface area (Å²) in [5.41, 5.74) is 0. The summed E-state index contributed by atoms with van der Waals surface area (Å²) < 4.78 is 0. The molecule has 0 aromatic heterocycles. The summed E-state index contributed by atoms with van der Waals surface area (Å²) in [6, 6.07) is 0. The molecular formula is C15H28Br2N2O2. The Balaban J connectivity index is 3.02. The van der Waals surface area contributed by atoms with Crippen LogP contribution >= 0.6 is 31.9 Å². The Morgan fingerprint density at radius 3 is 1.43 bits per heavy atom. The third-order valence-corrected chi connectivity index (χ3v) is 4.10. The van der Waals surface area contributed by atoms with Crippen molar-refractivity contribution < 1.29 is 9.59 Å². The van der Waals surface area contributed by atoms with Gasteiger partial charge in [0.1, 0.15) is 0 Å². The van der Waals surface area contributed by atoms with Gasteiger partial charge < -0.3 is 10.6 Å². The molecule has 0 aromatic carbocycles. The lowest BCUT2D eigenvalue weighted by Crippen LogP contribution is -2.25. The van der Waals surface area contributed by atoms with Gasteiger partial charge >= 0.3 is 0 Å². The maximum absolute atomic E-state index is 11.0. The molecule has 0 saturated carbocycles. The lowest BCUT2D eigenvalue weighted by Gasteiger charge is -2.04. The van der Waals surface area contributed by atoms with Gasteiger partial charge in [-0.1, -0.05) is 67.3 Å². The zero-order valence-electron chi connectivity index (χ0n) is 12.8. The topological polar surface area (TPSA) is 58.2 Å². The third-order valence-electron chi connectivity index (χ3n) is 3.31. The van der Waals surface area contributed by atoms with Crippen LogP contribution in [0.3, 0.4) is 0 Å². The number of amides is 2. The lowest BCUT2D eigenvalue weighted by atomic mass is 10.1. The molecule has 21 heavy (non-hydrogen) atoms. The molecule has 0 atom stereocenters. The number of hydrogen-bond acceptors (Lipinski definition) is 2. The molecule has 6 heteroatoms. The molecule has 0 unspecified atom stereocenters. The smallest absolute Gasteiger partial charge is 0.287 e. The number of halogens is 2. The van der Waals surface area contributed by atoms with E-state index in [1.807, 2.05) is 0 Å². The number of carbonyl (C=O) groups is 2. The predicted molar refractivity (Wildman–Crippen MR) is 95.3 cm³/mol. The highest BCUT2D eigenvalue weighted by Crippen LogP contribution is 2.10. The fourth-order valence-electron chi connectivity index (χ4n) is 2.13. The van der Waals surface area contributed by atoms with Crippen molar-refractivity contribution in [2.24, 2.45) is 0 Å². The summed E-state index contributed by atoms with van der Waals surface area (Å²) in [6.07, 6.45) is 12.3. The fraction of sp³-hybridized carbons (Fsp3) is 0.867. The SMILES string of the molecule is O=C(Br)NCCCCCCCCCCCCNC(=O)CBr. The van der Waals surface area contributed by atoms with Crippen molar-refractivity contribution in [2.75, 3.05) is 18.4 Å². The van der Waals surface area contributed by atoms with Crippen LogP contribution in [0.25, 0.3) is 0 Å². The highest BCUT2D eigenvalue weighted by molar-refractivity contribution is 9.18. The average Bonchev–Trinajstić information content (AvgIpc) is 2.46. The second-order valence-corrected chi connectivity index (χ2v) is 6.50. The molecule has 0 aliphatic rings. The lowest BCUT2D eigenvalue weighted by molar-refractivity contribution is -0.118. The Labute approximate surface area is 145 Å². The normalized spacial score (nSPS) is 10.4. The van der Waals surface area contributed by atoms with E-state index in [1.54, 1.807) is 0 Å². The quantitative estimate of drug-likeness (QED) is 0.185. The van der Waals surface area contributed by atoms with Gasteiger partial charge in [-0.2, -0.15) is 0 Å². The van der Waals surface area contributed by atoms with E-state index in [1.165, 1.54) is 51.4 Å². The molecule has 0 rings (SSSR count). The molecule has 2 amide bonds. The minimum Gasteiger partial charge on any atom is -0.355 e. The summed E-state index contributed by atoms with van der Waals surface area (Å²) in [6.45, 7) is 1.57. The second kappa shape index (κ2) is 16.3. The van der Waals surface area contributed by atoms with Crippen molar-refractivity contribution in [3.8, 4) is 0 Å². The number of rotatable bonds is 14. The van der Waals surface area contributed by atoms with Crippen molar-refractivity contribution in [2.45, 2.75) is 64.2 Å². The number of unbranched alkanes of at least 4 members (excludes halogenated alkanes) is 9. The van der Waals surface area contributed by atoms with Gasteiger partial charge in [-0.15, -0.1) is 0 Å². The van der Waals surface area contributed by atoms with Gasteiger partial charge in [-0.25, -0.2) is 0 Å². The van der Waals surface area contributed by atoms with Gasteiger partial charge in [-0.05, 0) is 12.8 Å². The van der Waals surface area contributed by atoms with Crippen LogP contribution in [0.1, 0.15) is 64.2 Å². The van der Waals surface area contributed by atoms with E-state index in [0.717, 1.165) is 25.9 Å². The van der Waals surface area contributed by atoms with Crippen molar-refractivity contribution >= 4 is 42.6 Å². The first-order valence-electron chi connectivity index (χ1n) is 7.93. The van der Waals surface area contributed by atoms with E-state index >= 15 is 0 Å². The Bertz CT molecular complexity index is 276. The van der Waals surface area contributed by atoms with Crippen LogP contribution in [0.5, 0.6) is 0 Å². The molecule has 0 aliphatic heterocycles. The van der Waals surface area contributed by atoms with E-state index in [-0.39, 0.29) is 10.7 Å². The number of alkyl halides is 1. The Hall–Kier alpha value is -0.100. The minimum absolute atomic E-state index is 0.0747. The van der Waals surface area contributed by atoms with Gasteiger partial charge in [0.15, 0.2) is 0 Å². The monoisotopic (exact) mass is 426 g/mol. The first-order chi connectivity index (χ1) is 10.2. The molecule has 4 nitrogen and oxygen atoms in total. The summed E-state index contributed by atoms with van der Waals surface area (Å²) in [5, 5.41) is 6.00. The molecule has 2 N–H and O–H groups in total. The van der Waals surface area contributed by atoms with Crippen LogP contribution in [0, 0.1) is 0 Å². The van der Waals surface area contributed by atoms with E-state index in [4.69, 9.17) is 0 Å². The molecule has 0 aliphatic carbocycles. The van der Waals surface area contributed by atoms with Crippen molar-refractivity contribution in [1.29, 1.82) is 0 Å². The van der Waals surface area contributed by atoms with Crippen LogP contribution in [-0.2, 0) is 4.79 Å². The standard InChI is InChI=1S/C15H28Br2N2O2/c16-13-14(20)18-11-9-7-5-3-1-2-4-6-8-10-12-19-15(17)21/h1-13H2,(H,18,20)(H,19,21). The van der Waals surface area contributed by atoms with Gasteiger partial charge in [0, 0.05) is 29.0 Å². The Morgan fingerprint density at radius 2 is 1.05 bits per heavy atom. The second-order valence-electron chi connectivity index (χ2n) is 5.22. The molecule has 0 spiro atoms. The van der Waals surface area contributed by atoms with Gasteiger partial charge in [0.25, 0.3) is 4.82 Å². The summed E-state index contributed by atoms with van der Waals surface area (Å²) in [7, 11) is 0. The van der Waals surface area contributed by atoms with Crippen LogP contribution in [0.15, 0.2) is 0 Å². The van der Waals surface area contributed by atoms with Gasteiger partial charge in [-0.3, -0.25) is 9.59 Å². The van der Waals surface area contributed by atoms with Crippen LogP contribution in [0.4, 0.5) is 4.79 Å². The largest absolute Gasteiger partial charge is 0.355 e. The molecule has 0 saturated heterocycles. The molecule has 0 bridgehead atoms. The third kappa shape index (κ3) is 17.8. The van der Waals surface area contributed by atoms with Gasteiger partial charge in [0.2, 0.25) is 5.91 Å². The first kappa shape index (κ1) is 20.9. The molecule has 0 heterocycles. The van der Waals surface area contributed by atoms with Crippen molar-refractivity contribution in [3.63, 3.8) is 0 Å². The van der Waals surface area contributed by atoms with E-state index in [0.29, 0.717) is 5.33 Å². The fourth-order valence-corrected chi connectivity index (χ4v) is 2.52. The van der Waals surface area contributed by atoms with E-state index < -0.39 is 0 Å². The highest BCUT2D eigenvalue weighted by Gasteiger charge is 1.97. The maximum Gasteiger partial charge on any atom is 0.287 e. The van der Waals surface area contributed by atoms with Gasteiger partial charge in [0.05, 0.1) is 5.33 Å². The minimum atomic E-state index is -0.116. The number of carbonyl (C=O) groups excluding carboxylic acids is 2. The molecule has 124 valence electrons. The summed E-state index contributed by atoms with van der Waals surface area (Å²) in [5.74, 6) is 0.0747. The van der Waals surface area contributed by atoms with E-state index in [2.05, 4.69) is 42.5 Å². The highest BCUT2D eigenvalue weighted by atomic mass is 79.9.